The molecule has 4 nitrogen and oxygen atoms in total. The second-order valence-electron chi connectivity index (χ2n) is 4.42. The van der Waals surface area contributed by atoms with Crippen LogP contribution in [0.15, 0.2) is 24.3 Å². The number of anilines is 1. The summed E-state index contributed by atoms with van der Waals surface area (Å²) in [6.45, 7) is 5.05. The summed E-state index contributed by atoms with van der Waals surface area (Å²) < 4.78 is 10.4. The van der Waals surface area contributed by atoms with Gasteiger partial charge in [0.25, 0.3) is 0 Å². The second-order valence-corrected chi connectivity index (χ2v) is 4.42. The van der Waals surface area contributed by atoms with Crippen LogP contribution < -0.4 is 10.1 Å². The molecule has 1 rings (SSSR count). The van der Waals surface area contributed by atoms with E-state index in [4.69, 9.17) is 14.7 Å². The van der Waals surface area contributed by atoms with Gasteiger partial charge in [-0.3, -0.25) is 0 Å². The van der Waals surface area contributed by atoms with Crippen LogP contribution in [0, 0.1) is 17.2 Å². The summed E-state index contributed by atoms with van der Waals surface area (Å²) >= 11 is 0. The summed E-state index contributed by atoms with van der Waals surface area (Å²) in [5.74, 6) is 1.19. The van der Waals surface area contributed by atoms with E-state index < -0.39 is 0 Å². The van der Waals surface area contributed by atoms with Crippen molar-refractivity contribution in [1.29, 1.82) is 5.26 Å². The number of benzene rings is 1. The SMILES string of the molecule is COCC(Nc1ccc(OCC#N)cc1)C(C)C. The van der Waals surface area contributed by atoms with Gasteiger partial charge in [-0.05, 0) is 30.2 Å². The average molecular weight is 248 g/mol. The zero-order chi connectivity index (χ0) is 13.4. The summed E-state index contributed by atoms with van der Waals surface area (Å²) in [7, 11) is 1.70. The van der Waals surface area contributed by atoms with Crippen molar-refractivity contribution in [2.45, 2.75) is 19.9 Å². The normalized spacial score (nSPS) is 11.9. The highest BCUT2D eigenvalue weighted by Crippen LogP contribution is 2.18. The minimum atomic E-state index is 0.0745. The Bertz CT molecular complexity index is 382. The molecule has 0 bridgehead atoms. The molecule has 1 atom stereocenters. The van der Waals surface area contributed by atoms with Crippen LogP contribution in [0.1, 0.15) is 13.8 Å². The third-order valence-electron chi connectivity index (χ3n) is 2.66. The Kier molecular flexibility index (Phi) is 6.03. The Hall–Kier alpha value is -1.73. The van der Waals surface area contributed by atoms with Crippen molar-refractivity contribution in [3.8, 4) is 11.8 Å². The van der Waals surface area contributed by atoms with Crippen LogP contribution in [0.4, 0.5) is 5.69 Å². The fraction of sp³-hybridized carbons (Fsp3) is 0.500. The molecular weight excluding hydrogens is 228 g/mol. The third-order valence-corrected chi connectivity index (χ3v) is 2.66. The minimum Gasteiger partial charge on any atom is -0.479 e. The first-order valence-electron chi connectivity index (χ1n) is 6.02. The van der Waals surface area contributed by atoms with Gasteiger partial charge in [0.2, 0.25) is 0 Å². The molecule has 0 amide bonds. The highest BCUT2D eigenvalue weighted by atomic mass is 16.5. The van der Waals surface area contributed by atoms with Gasteiger partial charge in [0, 0.05) is 12.8 Å². The zero-order valence-electron chi connectivity index (χ0n) is 11.1. The van der Waals surface area contributed by atoms with Crippen LogP contribution in [0.25, 0.3) is 0 Å². The van der Waals surface area contributed by atoms with Crippen LogP contribution in [-0.2, 0) is 4.74 Å². The minimum absolute atomic E-state index is 0.0745. The first-order valence-corrected chi connectivity index (χ1v) is 6.02. The monoisotopic (exact) mass is 248 g/mol. The number of rotatable bonds is 7. The smallest absolute Gasteiger partial charge is 0.174 e. The Morgan fingerprint density at radius 2 is 1.94 bits per heavy atom. The molecule has 0 spiro atoms. The number of methoxy groups -OCH3 is 1. The molecule has 0 aliphatic carbocycles. The van der Waals surface area contributed by atoms with Crippen LogP contribution in [-0.4, -0.2) is 26.4 Å². The quantitative estimate of drug-likeness (QED) is 0.806. The van der Waals surface area contributed by atoms with Gasteiger partial charge in [-0.25, -0.2) is 0 Å². The van der Waals surface area contributed by atoms with E-state index in [-0.39, 0.29) is 12.6 Å². The summed E-state index contributed by atoms with van der Waals surface area (Å²) in [6, 6.07) is 9.81. The Labute approximate surface area is 109 Å². The van der Waals surface area contributed by atoms with Crippen LogP contribution >= 0.6 is 0 Å². The van der Waals surface area contributed by atoms with Gasteiger partial charge in [0.05, 0.1) is 12.6 Å². The van der Waals surface area contributed by atoms with Crippen molar-refractivity contribution in [3.05, 3.63) is 24.3 Å². The lowest BCUT2D eigenvalue weighted by Crippen LogP contribution is -2.30. The van der Waals surface area contributed by atoms with E-state index in [1.807, 2.05) is 30.3 Å². The second kappa shape index (κ2) is 7.57. The molecule has 0 saturated carbocycles. The predicted molar refractivity (Wildman–Crippen MR) is 71.7 cm³/mol. The van der Waals surface area contributed by atoms with Crippen molar-refractivity contribution in [1.82, 2.24) is 0 Å². The predicted octanol–water partition coefficient (Wildman–Crippen LogP) is 2.67. The molecular formula is C14H20N2O2. The van der Waals surface area contributed by atoms with Crippen LogP contribution in [0.2, 0.25) is 0 Å². The molecule has 0 aromatic heterocycles. The summed E-state index contributed by atoms with van der Waals surface area (Å²) in [5, 5.41) is 11.8. The van der Waals surface area contributed by atoms with E-state index >= 15 is 0 Å². The highest BCUT2D eigenvalue weighted by Gasteiger charge is 2.12. The van der Waals surface area contributed by atoms with E-state index in [1.165, 1.54) is 0 Å². The molecule has 4 heteroatoms. The van der Waals surface area contributed by atoms with Gasteiger partial charge in [-0.15, -0.1) is 0 Å². The highest BCUT2D eigenvalue weighted by molar-refractivity contribution is 5.47. The van der Waals surface area contributed by atoms with Gasteiger partial charge in [0.15, 0.2) is 6.61 Å². The average Bonchev–Trinajstić information content (AvgIpc) is 2.37. The summed E-state index contributed by atoms with van der Waals surface area (Å²) in [6.07, 6.45) is 0. The van der Waals surface area contributed by atoms with Crippen LogP contribution in [0.5, 0.6) is 5.75 Å². The maximum Gasteiger partial charge on any atom is 0.174 e. The maximum absolute atomic E-state index is 8.42. The number of hydrogen-bond donors (Lipinski definition) is 1. The van der Waals surface area contributed by atoms with E-state index in [2.05, 4.69) is 19.2 Å². The Morgan fingerprint density at radius 1 is 1.28 bits per heavy atom. The first kappa shape index (κ1) is 14.3. The third kappa shape index (κ3) is 4.64. The van der Waals surface area contributed by atoms with Crippen molar-refractivity contribution in [2.24, 2.45) is 5.92 Å². The molecule has 0 saturated heterocycles. The van der Waals surface area contributed by atoms with Crippen molar-refractivity contribution in [2.75, 3.05) is 25.6 Å². The number of ether oxygens (including phenoxy) is 2. The lowest BCUT2D eigenvalue weighted by atomic mass is 10.1. The summed E-state index contributed by atoms with van der Waals surface area (Å²) in [5.41, 5.74) is 1.02. The molecule has 18 heavy (non-hydrogen) atoms. The first-order chi connectivity index (χ1) is 8.67. The van der Waals surface area contributed by atoms with Gasteiger partial charge in [-0.2, -0.15) is 5.26 Å². The molecule has 0 fully saturated rings. The molecule has 1 aromatic carbocycles. The standard InChI is InChI=1S/C14H20N2O2/c1-11(2)14(10-17-3)16-12-4-6-13(7-5-12)18-9-8-15/h4-7,11,14,16H,9-10H2,1-3H3. The van der Waals surface area contributed by atoms with Crippen LogP contribution in [0.3, 0.4) is 0 Å². The lowest BCUT2D eigenvalue weighted by Gasteiger charge is -2.22. The van der Waals surface area contributed by atoms with E-state index in [9.17, 15) is 0 Å². The van der Waals surface area contributed by atoms with E-state index in [0.29, 0.717) is 18.3 Å². The number of nitrogens with one attached hydrogen (secondary N) is 1. The molecule has 98 valence electrons. The number of nitrogens with zero attached hydrogens (tertiary/aromatic N) is 1. The van der Waals surface area contributed by atoms with Crippen molar-refractivity contribution >= 4 is 5.69 Å². The van der Waals surface area contributed by atoms with Crippen molar-refractivity contribution < 1.29 is 9.47 Å². The molecule has 0 heterocycles. The van der Waals surface area contributed by atoms with Crippen molar-refractivity contribution in [3.63, 3.8) is 0 Å². The van der Waals surface area contributed by atoms with E-state index in [1.54, 1.807) is 7.11 Å². The summed E-state index contributed by atoms with van der Waals surface area (Å²) in [4.78, 5) is 0. The molecule has 1 N–H and O–H groups in total. The Balaban J connectivity index is 2.59. The fourth-order valence-electron chi connectivity index (χ4n) is 1.56. The molecule has 0 aliphatic heterocycles. The topological polar surface area (TPSA) is 54.3 Å². The molecule has 0 aliphatic rings. The largest absolute Gasteiger partial charge is 0.479 e. The fourth-order valence-corrected chi connectivity index (χ4v) is 1.56. The maximum atomic E-state index is 8.42. The van der Waals surface area contributed by atoms with Gasteiger partial charge >= 0.3 is 0 Å². The number of nitriles is 1. The van der Waals surface area contributed by atoms with Gasteiger partial charge < -0.3 is 14.8 Å². The van der Waals surface area contributed by atoms with Gasteiger partial charge in [0.1, 0.15) is 11.8 Å². The van der Waals surface area contributed by atoms with E-state index in [0.717, 1.165) is 5.69 Å². The van der Waals surface area contributed by atoms with Gasteiger partial charge in [-0.1, -0.05) is 13.8 Å². The molecule has 1 unspecified atom stereocenters. The Morgan fingerprint density at radius 3 is 2.44 bits per heavy atom. The lowest BCUT2D eigenvalue weighted by molar-refractivity contribution is 0.171. The molecule has 0 radical (unpaired) electrons. The molecule has 1 aromatic rings. The number of hydrogen-bond acceptors (Lipinski definition) is 4. The zero-order valence-corrected chi connectivity index (χ0v) is 11.1.